The standard InChI is InChI=1S/C13H13ClN2O/c1-17-12-6-10(7-16-8-12)13(15)9-2-4-11(14)5-3-9/h2-8,13H,15H2,1H3. The third kappa shape index (κ3) is 2.75. The normalized spacial score (nSPS) is 12.2. The molecule has 0 aliphatic carbocycles. The first-order valence-corrected chi connectivity index (χ1v) is 5.58. The molecule has 1 heterocycles. The topological polar surface area (TPSA) is 48.1 Å². The van der Waals surface area contributed by atoms with Crippen molar-refractivity contribution in [2.75, 3.05) is 7.11 Å². The summed E-state index contributed by atoms with van der Waals surface area (Å²) >= 11 is 5.84. The van der Waals surface area contributed by atoms with E-state index in [9.17, 15) is 0 Å². The highest BCUT2D eigenvalue weighted by atomic mass is 35.5. The molecule has 0 aliphatic rings. The zero-order valence-electron chi connectivity index (χ0n) is 9.43. The molecule has 0 amide bonds. The first-order chi connectivity index (χ1) is 8.20. The molecule has 0 spiro atoms. The summed E-state index contributed by atoms with van der Waals surface area (Å²) in [6, 6.07) is 9.12. The predicted molar refractivity (Wildman–Crippen MR) is 68.3 cm³/mol. The lowest BCUT2D eigenvalue weighted by Gasteiger charge is -2.13. The van der Waals surface area contributed by atoms with E-state index in [-0.39, 0.29) is 6.04 Å². The van der Waals surface area contributed by atoms with E-state index in [2.05, 4.69) is 4.98 Å². The average molecular weight is 249 g/mol. The number of benzene rings is 1. The molecule has 0 saturated heterocycles. The lowest BCUT2D eigenvalue weighted by Crippen LogP contribution is -2.12. The Morgan fingerprint density at radius 1 is 1.18 bits per heavy atom. The van der Waals surface area contributed by atoms with E-state index in [1.54, 1.807) is 19.5 Å². The van der Waals surface area contributed by atoms with Gasteiger partial charge in [0.1, 0.15) is 5.75 Å². The summed E-state index contributed by atoms with van der Waals surface area (Å²) in [5.41, 5.74) is 8.05. The maximum absolute atomic E-state index is 6.15. The van der Waals surface area contributed by atoms with Crippen molar-refractivity contribution in [2.45, 2.75) is 6.04 Å². The Bertz CT molecular complexity index is 499. The van der Waals surface area contributed by atoms with E-state index < -0.39 is 0 Å². The number of nitrogens with zero attached hydrogens (tertiary/aromatic N) is 1. The van der Waals surface area contributed by atoms with Crippen molar-refractivity contribution in [2.24, 2.45) is 5.73 Å². The first-order valence-electron chi connectivity index (χ1n) is 5.20. The molecule has 1 aromatic heterocycles. The van der Waals surface area contributed by atoms with Crippen LogP contribution in [0.1, 0.15) is 17.2 Å². The molecule has 1 atom stereocenters. The lowest BCUT2D eigenvalue weighted by molar-refractivity contribution is 0.412. The minimum absolute atomic E-state index is 0.227. The maximum Gasteiger partial charge on any atom is 0.137 e. The number of rotatable bonds is 3. The molecule has 3 nitrogen and oxygen atoms in total. The zero-order chi connectivity index (χ0) is 12.3. The molecule has 0 saturated carbocycles. The van der Waals surface area contributed by atoms with Gasteiger partial charge in [0.05, 0.1) is 19.3 Å². The highest BCUT2D eigenvalue weighted by Gasteiger charge is 2.09. The number of hydrogen-bond donors (Lipinski definition) is 1. The molecule has 0 bridgehead atoms. The van der Waals surface area contributed by atoms with Crippen molar-refractivity contribution in [3.05, 3.63) is 58.9 Å². The SMILES string of the molecule is COc1cncc(C(N)c2ccc(Cl)cc2)c1. The molecule has 0 radical (unpaired) electrons. The van der Waals surface area contributed by atoms with Gasteiger partial charge in [-0.05, 0) is 29.3 Å². The maximum atomic E-state index is 6.15. The van der Waals surface area contributed by atoms with Crippen molar-refractivity contribution in [1.82, 2.24) is 4.98 Å². The van der Waals surface area contributed by atoms with Crippen molar-refractivity contribution in [3.63, 3.8) is 0 Å². The lowest BCUT2D eigenvalue weighted by atomic mass is 10.0. The highest BCUT2D eigenvalue weighted by molar-refractivity contribution is 6.30. The summed E-state index contributed by atoms with van der Waals surface area (Å²) in [5.74, 6) is 0.701. The van der Waals surface area contributed by atoms with Crippen LogP contribution in [0, 0.1) is 0 Å². The van der Waals surface area contributed by atoms with Crippen molar-refractivity contribution in [3.8, 4) is 5.75 Å². The van der Waals surface area contributed by atoms with Crippen molar-refractivity contribution < 1.29 is 4.74 Å². The minimum atomic E-state index is -0.227. The summed E-state index contributed by atoms with van der Waals surface area (Å²) in [7, 11) is 1.61. The summed E-state index contributed by atoms with van der Waals surface area (Å²) in [6.45, 7) is 0. The summed E-state index contributed by atoms with van der Waals surface area (Å²) in [4.78, 5) is 4.09. The molecule has 2 N–H and O–H groups in total. The Morgan fingerprint density at radius 3 is 2.53 bits per heavy atom. The Labute approximate surface area is 105 Å². The van der Waals surface area contributed by atoms with Gasteiger partial charge in [0.15, 0.2) is 0 Å². The van der Waals surface area contributed by atoms with Gasteiger partial charge in [-0.1, -0.05) is 23.7 Å². The van der Waals surface area contributed by atoms with Crippen LogP contribution in [0.25, 0.3) is 0 Å². The van der Waals surface area contributed by atoms with Crippen LogP contribution < -0.4 is 10.5 Å². The molecule has 0 aliphatic heterocycles. The quantitative estimate of drug-likeness (QED) is 0.909. The van der Waals surface area contributed by atoms with E-state index >= 15 is 0 Å². The van der Waals surface area contributed by atoms with E-state index in [0.717, 1.165) is 11.1 Å². The molecular weight excluding hydrogens is 236 g/mol. The van der Waals surface area contributed by atoms with Crippen LogP contribution in [0.15, 0.2) is 42.7 Å². The third-order valence-electron chi connectivity index (χ3n) is 2.56. The first kappa shape index (κ1) is 11.9. The van der Waals surface area contributed by atoms with Gasteiger partial charge in [0.2, 0.25) is 0 Å². The van der Waals surface area contributed by atoms with Crippen LogP contribution >= 0.6 is 11.6 Å². The predicted octanol–water partition coefficient (Wildman–Crippen LogP) is 2.79. The van der Waals surface area contributed by atoms with Crippen LogP contribution in [0.3, 0.4) is 0 Å². The molecule has 1 aromatic carbocycles. The van der Waals surface area contributed by atoms with Gasteiger partial charge in [-0.15, -0.1) is 0 Å². The minimum Gasteiger partial charge on any atom is -0.495 e. The number of nitrogens with two attached hydrogens (primary N) is 1. The van der Waals surface area contributed by atoms with Crippen molar-refractivity contribution >= 4 is 11.6 Å². The fraction of sp³-hybridized carbons (Fsp3) is 0.154. The van der Waals surface area contributed by atoms with Crippen LogP contribution in [-0.4, -0.2) is 12.1 Å². The number of pyridine rings is 1. The summed E-state index contributed by atoms with van der Waals surface area (Å²) < 4.78 is 5.12. The molecule has 1 unspecified atom stereocenters. The number of halogens is 1. The van der Waals surface area contributed by atoms with Gasteiger partial charge in [0.25, 0.3) is 0 Å². The van der Waals surface area contributed by atoms with Crippen LogP contribution in [0.4, 0.5) is 0 Å². The van der Waals surface area contributed by atoms with Gasteiger partial charge in [-0.2, -0.15) is 0 Å². The molecule has 17 heavy (non-hydrogen) atoms. The van der Waals surface area contributed by atoms with Gasteiger partial charge >= 0.3 is 0 Å². The number of aromatic nitrogens is 1. The van der Waals surface area contributed by atoms with Crippen LogP contribution in [0.2, 0.25) is 5.02 Å². The average Bonchev–Trinajstić information content (AvgIpc) is 2.39. The second kappa shape index (κ2) is 5.17. The molecule has 0 fully saturated rings. The number of ether oxygens (including phenoxy) is 1. The fourth-order valence-electron chi connectivity index (χ4n) is 1.58. The van der Waals surface area contributed by atoms with E-state index in [0.29, 0.717) is 10.8 Å². The van der Waals surface area contributed by atoms with E-state index in [1.165, 1.54) is 0 Å². The Balaban J connectivity index is 2.29. The monoisotopic (exact) mass is 248 g/mol. The molecular formula is C13H13ClN2O. The molecule has 2 rings (SSSR count). The van der Waals surface area contributed by atoms with Crippen molar-refractivity contribution in [1.29, 1.82) is 0 Å². The molecule has 2 aromatic rings. The van der Waals surface area contributed by atoms with Gasteiger partial charge < -0.3 is 10.5 Å². The second-order valence-electron chi connectivity index (χ2n) is 3.69. The van der Waals surface area contributed by atoms with Gasteiger partial charge in [0, 0.05) is 11.2 Å². The van der Waals surface area contributed by atoms with E-state index in [4.69, 9.17) is 22.1 Å². The molecule has 88 valence electrons. The summed E-state index contributed by atoms with van der Waals surface area (Å²) in [6.07, 6.45) is 3.39. The van der Waals surface area contributed by atoms with Crippen LogP contribution in [-0.2, 0) is 0 Å². The number of methoxy groups -OCH3 is 1. The third-order valence-corrected chi connectivity index (χ3v) is 2.81. The highest BCUT2D eigenvalue weighted by Crippen LogP contribution is 2.23. The Morgan fingerprint density at radius 2 is 1.88 bits per heavy atom. The largest absolute Gasteiger partial charge is 0.495 e. The van der Waals surface area contributed by atoms with Crippen LogP contribution in [0.5, 0.6) is 5.75 Å². The molecule has 4 heteroatoms. The number of hydrogen-bond acceptors (Lipinski definition) is 3. The smallest absolute Gasteiger partial charge is 0.137 e. The second-order valence-corrected chi connectivity index (χ2v) is 4.12. The summed E-state index contributed by atoms with van der Waals surface area (Å²) in [5, 5.41) is 0.699. The Hall–Kier alpha value is -1.58. The van der Waals surface area contributed by atoms with E-state index in [1.807, 2.05) is 30.3 Å². The Kier molecular flexibility index (Phi) is 3.61. The fourth-order valence-corrected chi connectivity index (χ4v) is 1.71. The zero-order valence-corrected chi connectivity index (χ0v) is 10.2. The van der Waals surface area contributed by atoms with Gasteiger partial charge in [-0.3, -0.25) is 4.98 Å². The van der Waals surface area contributed by atoms with Gasteiger partial charge in [-0.25, -0.2) is 0 Å².